The Hall–Kier alpha value is -2.83. The van der Waals surface area contributed by atoms with Crippen LogP contribution in [0.4, 0.5) is 5.69 Å². The third-order valence-electron chi connectivity index (χ3n) is 4.09. The molecule has 0 radical (unpaired) electrons. The van der Waals surface area contributed by atoms with Gasteiger partial charge in [0.05, 0.1) is 4.90 Å². The Morgan fingerprint density at radius 2 is 1.70 bits per heavy atom. The summed E-state index contributed by atoms with van der Waals surface area (Å²) in [5.74, 6) is 0.652. The highest BCUT2D eigenvalue weighted by molar-refractivity contribution is 7.89. The van der Waals surface area contributed by atoms with Gasteiger partial charge >= 0.3 is 0 Å². The Balaban J connectivity index is 1.69. The van der Waals surface area contributed by atoms with Crippen LogP contribution in [-0.2, 0) is 23.2 Å². The van der Waals surface area contributed by atoms with E-state index in [0.29, 0.717) is 18.0 Å². The third kappa shape index (κ3) is 5.09. The first-order valence-electron chi connectivity index (χ1n) is 8.55. The quantitative estimate of drug-likeness (QED) is 0.611. The van der Waals surface area contributed by atoms with Crippen LogP contribution in [0.3, 0.4) is 0 Å². The predicted molar refractivity (Wildman–Crippen MR) is 107 cm³/mol. The Labute approximate surface area is 159 Å². The van der Waals surface area contributed by atoms with Crippen molar-refractivity contribution in [1.29, 1.82) is 0 Å². The molecule has 3 N–H and O–H groups in total. The highest BCUT2D eigenvalue weighted by Gasteiger charge is 2.14. The molecule has 5 nitrogen and oxygen atoms in total. The second-order valence-corrected chi connectivity index (χ2v) is 8.05. The van der Waals surface area contributed by atoms with Crippen molar-refractivity contribution in [3.05, 3.63) is 89.5 Å². The molecule has 3 aromatic rings. The van der Waals surface area contributed by atoms with E-state index in [1.807, 2.05) is 49.4 Å². The summed E-state index contributed by atoms with van der Waals surface area (Å²) in [6.07, 6.45) is 0. The van der Waals surface area contributed by atoms with Crippen LogP contribution in [0, 0.1) is 6.92 Å². The molecule has 0 aromatic heterocycles. The molecule has 0 aliphatic carbocycles. The number of nitrogens with two attached hydrogens (primary N) is 1. The number of para-hydroxylation sites is 1. The molecule has 0 fully saturated rings. The van der Waals surface area contributed by atoms with Crippen LogP contribution >= 0.6 is 0 Å². The van der Waals surface area contributed by atoms with E-state index in [-0.39, 0.29) is 11.4 Å². The van der Waals surface area contributed by atoms with Gasteiger partial charge in [0.1, 0.15) is 12.4 Å². The fourth-order valence-corrected chi connectivity index (χ4v) is 3.66. The minimum absolute atomic E-state index is 0.136. The molecule has 0 unspecified atom stereocenters. The summed E-state index contributed by atoms with van der Waals surface area (Å²) >= 11 is 0. The summed E-state index contributed by atoms with van der Waals surface area (Å²) < 4.78 is 33.4. The molecular weight excluding hydrogens is 360 g/mol. The minimum atomic E-state index is -3.63. The Morgan fingerprint density at radius 3 is 2.44 bits per heavy atom. The zero-order valence-electron chi connectivity index (χ0n) is 15.1. The number of rotatable bonds is 7. The molecule has 0 amide bonds. The monoisotopic (exact) mass is 382 g/mol. The zero-order chi connectivity index (χ0) is 19.3. The first-order chi connectivity index (χ1) is 12.9. The van der Waals surface area contributed by atoms with Crippen LogP contribution in [-0.4, -0.2) is 8.42 Å². The highest BCUT2D eigenvalue weighted by atomic mass is 32.2. The van der Waals surface area contributed by atoms with Crippen molar-refractivity contribution in [2.45, 2.75) is 25.0 Å². The Kier molecular flexibility index (Phi) is 5.78. The average Bonchev–Trinajstić information content (AvgIpc) is 2.66. The van der Waals surface area contributed by atoms with Crippen LogP contribution in [0.25, 0.3) is 0 Å². The van der Waals surface area contributed by atoms with Crippen molar-refractivity contribution in [3.8, 4) is 5.75 Å². The second-order valence-electron chi connectivity index (χ2n) is 6.28. The molecule has 0 atom stereocenters. The molecule has 0 heterocycles. The maximum absolute atomic E-state index is 12.5. The van der Waals surface area contributed by atoms with Crippen molar-refractivity contribution >= 4 is 15.7 Å². The number of sulfonamides is 1. The average molecular weight is 382 g/mol. The molecule has 0 bridgehead atoms. The van der Waals surface area contributed by atoms with Crippen molar-refractivity contribution in [2.75, 3.05) is 5.73 Å². The zero-order valence-corrected chi connectivity index (χ0v) is 15.9. The van der Waals surface area contributed by atoms with Gasteiger partial charge in [0.25, 0.3) is 0 Å². The maximum Gasteiger partial charge on any atom is 0.240 e. The summed E-state index contributed by atoms with van der Waals surface area (Å²) in [6.45, 7) is 2.59. The van der Waals surface area contributed by atoms with Gasteiger partial charge in [0, 0.05) is 17.8 Å². The van der Waals surface area contributed by atoms with E-state index >= 15 is 0 Å². The van der Waals surface area contributed by atoms with E-state index in [2.05, 4.69) is 10.8 Å². The van der Waals surface area contributed by atoms with Gasteiger partial charge < -0.3 is 10.5 Å². The molecular formula is C21H22N2O3S. The molecule has 3 rings (SSSR count). The number of aryl methyl sites for hydroxylation is 1. The fraction of sp³-hybridized carbons (Fsp3) is 0.143. The standard InChI is InChI=1S/C21H22N2O3S/c1-16-5-4-6-17(13-16)15-26-21-8-3-2-7-18(21)14-23-27(24,25)20-11-9-19(22)10-12-20/h2-13,23H,14-15,22H2,1H3. The molecule has 0 saturated carbocycles. The number of benzene rings is 3. The Bertz CT molecular complexity index is 1020. The van der Waals surface area contributed by atoms with E-state index < -0.39 is 10.0 Å². The van der Waals surface area contributed by atoms with Gasteiger partial charge in [0.15, 0.2) is 0 Å². The fourth-order valence-electron chi connectivity index (χ4n) is 2.66. The van der Waals surface area contributed by atoms with Crippen molar-refractivity contribution < 1.29 is 13.2 Å². The lowest BCUT2D eigenvalue weighted by molar-refractivity contribution is 0.302. The van der Waals surface area contributed by atoms with Crippen molar-refractivity contribution in [2.24, 2.45) is 0 Å². The van der Waals surface area contributed by atoms with Gasteiger partial charge in [-0.2, -0.15) is 0 Å². The SMILES string of the molecule is Cc1cccc(COc2ccccc2CNS(=O)(=O)c2ccc(N)cc2)c1. The van der Waals surface area contributed by atoms with Crippen molar-refractivity contribution in [3.63, 3.8) is 0 Å². The summed E-state index contributed by atoms with van der Waals surface area (Å²) in [5.41, 5.74) is 9.13. The number of hydrogen-bond donors (Lipinski definition) is 2. The number of nitrogen functional groups attached to an aromatic ring is 1. The predicted octanol–water partition coefficient (Wildman–Crippen LogP) is 3.63. The van der Waals surface area contributed by atoms with E-state index in [9.17, 15) is 8.42 Å². The van der Waals surface area contributed by atoms with Crippen LogP contribution in [0.1, 0.15) is 16.7 Å². The molecule has 0 spiro atoms. The van der Waals surface area contributed by atoms with Gasteiger partial charge in [-0.25, -0.2) is 13.1 Å². The number of ether oxygens (including phenoxy) is 1. The van der Waals surface area contributed by atoms with E-state index in [1.54, 1.807) is 12.1 Å². The Morgan fingerprint density at radius 1 is 0.963 bits per heavy atom. The summed E-state index contributed by atoms with van der Waals surface area (Å²) in [7, 11) is -3.63. The van der Waals surface area contributed by atoms with E-state index in [0.717, 1.165) is 11.1 Å². The van der Waals surface area contributed by atoms with Crippen LogP contribution in [0.15, 0.2) is 77.7 Å². The van der Waals surface area contributed by atoms with Gasteiger partial charge in [0.2, 0.25) is 10.0 Å². The molecule has 6 heteroatoms. The third-order valence-corrected chi connectivity index (χ3v) is 5.51. The normalized spacial score (nSPS) is 11.3. The summed E-state index contributed by atoms with van der Waals surface area (Å²) in [4.78, 5) is 0.176. The van der Waals surface area contributed by atoms with Gasteiger partial charge in [-0.15, -0.1) is 0 Å². The second kappa shape index (κ2) is 8.24. The first-order valence-corrected chi connectivity index (χ1v) is 10.0. The number of anilines is 1. The largest absolute Gasteiger partial charge is 0.489 e. The number of nitrogens with one attached hydrogen (secondary N) is 1. The van der Waals surface area contributed by atoms with Crippen LogP contribution in [0.2, 0.25) is 0 Å². The van der Waals surface area contributed by atoms with Gasteiger partial charge in [-0.05, 0) is 42.8 Å². The molecule has 0 saturated heterocycles. The van der Waals surface area contributed by atoms with Crippen LogP contribution in [0.5, 0.6) is 5.75 Å². The van der Waals surface area contributed by atoms with Gasteiger partial charge in [-0.3, -0.25) is 0 Å². The van der Waals surface area contributed by atoms with Crippen molar-refractivity contribution in [1.82, 2.24) is 4.72 Å². The smallest absolute Gasteiger partial charge is 0.240 e. The molecule has 140 valence electrons. The highest BCUT2D eigenvalue weighted by Crippen LogP contribution is 2.21. The number of hydrogen-bond acceptors (Lipinski definition) is 4. The van der Waals surface area contributed by atoms with Crippen LogP contribution < -0.4 is 15.2 Å². The lowest BCUT2D eigenvalue weighted by Crippen LogP contribution is -2.23. The topological polar surface area (TPSA) is 81.4 Å². The molecule has 27 heavy (non-hydrogen) atoms. The van der Waals surface area contributed by atoms with Gasteiger partial charge in [-0.1, -0.05) is 48.0 Å². The molecule has 3 aromatic carbocycles. The van der Waals surface area contributed by atoms with E-state index in [1.165, 1.54) is 17.7 Å². The summed E-state index contributed by atoms with van der Waals surface area (Å²) in [6, 6.07) is 21.6. The lowest BCUT2D eigenvalue weighted by Gasteiger charge is -2.13. The minimum Gasteiger partial charge on any atom is -0.489 e. The lowest BCUT2D eigenvalue weighted by atomic mass is 10.1. The first kappa shape index (κ1) is 18.9. The van der Waals surface area contributed by atoms with E-state index in [4.69, 9.17) is 10.5 Å². The maximum atomic E-state index is 12.5. The molecule has 0 aliphatic heterocycles. The molecule has 0 aliphatic rings. The summed E-state index contributed by atoms with van der Waals surface area (Å²) in [5, 5.41) is 0.